The standard InChI is InChI=1S/C10H21.Nd/c1-3-5-7-9-10-8-6-4-2;/h1,3-10H2,2H3;/q-1;. The van der Waals surface area contributed by atoms with E-state index in [-0.39, 0.29) is 40.8 Å². The largest absolute Gasteiger partial charge is 0.343 e. The van der Waals surface area contributed by atoms with Crippen molar-refractivity contribution >= 4 is 0 Å². The van der Waals surface area contributed by atoms with Gasteiger partial charge in [0.1, 0.15) is 0 Å². The van der Waals surface area contributed by atoms with E-state index in [4.69, 9.17) is 0 Å². The second-order valence-electron chi connectivity index (χ2n) is 2.97. The molecule has 0 unspecified atom stereocenters. The Bertz CT molecular complexity index is 44.8. The zero-order valence-electron chi connectivity index (χ0n) is 7.86. The second-order valence-corrected chi connectivity index (χ2v) is 2.97. The summed E-state index contributed by atoms with van der Waals surface area (Å²) in [6.07, 6.45) is 10.9. The Labute approximate surface area is 105 Å². The number of hydrogen-bond acceptors (Lipinski definition) is 0. The van der Waals surface area contributed by atoms with Crippen molar-refractivity contribution in [2.45, 2.75) is 58.3 Å². The first-order valence-corrected chi connectivity index (χ1v) is 4.71. The van der Waals surface area contributed by atoms with Crippen LogP contribution in [-0.4, -0.2) is 0 Å². The third-order valence-electron chi connectivity index (χ3n) is 1.85. The Hall–Kier alpha value is 1.35. The molecule has 1 heteroatoms. The Balaban J connectivity index is 0. The third kappa shape index (κ3) is 14.2. The Morgan fingerprint density at radius 2 is 1.27 bits per heavy atom. The molecule has 0 radical (unpaired) electrons. The molecule has 0 heterocycles. The van der Waals surface area contributed by atoms with Gasteiger partial charge in [-0.15, -0.1) is 0 Å². The zero-order valence-corrected chi connectivity index (χ0v) is 11.1. The molecule has 0 aromatic heterocycles. The van der Waals surface area contributed by atoms with Crippen LogP contribution in [0, 0.1) is 47.8 Å². The molecule has 0 saturated heterocycles. The Morgan fingerprint density at radius 1 is 0.818 bits per heavy atom. The van der Waals surface area contributed by atoms with E-state index in [1.54, 1.807) is 0 Å². The van der Waals surface area contributed by atoms with Gasteiger partial charge in [-0.25, -0.2) is 0 Å². The molecule has 0 aliphatic heterocycles. The molecule has 0 aliphatic carbocycles. The van der Waals surface area contributed by atoms with Gasteiger partial charge in [-0.1, -0.05) is 51.9 Å². The quantitative estimate of drug-likeness (QED) is 0.490. The molecular weight excluding hydrogens is 264 g/mol. The smallest absolute Gasteiger partial charge is 0 e. The topological polar surface area (TPSA) is 0 Å². The summed E-state index contributed by atoms with van der Waals surface area (Å²) in [6.45, 7) is 6.08. The van der Waals surface area contributed by atoms with Crippen LogP contribution in [0.3, 0.4) is 0 Å². The van der Waals surface area contributed by atoms with Crippen LogP contribution in [0.4, 0.5) is 0 Å². The molecule has 66 valence electrons. The third-order valence-corrected chi connectivity index (χ3v) is 1.85. The molecule has 0 amide bonds. The minimum atomic E-state index is 0. The second kappa shape index (κ2) is 13.9. The van der Waals surface area contributed by atoms with Crippen molar-refractivity contribution in [3.8, 4) is 0 Å². The molecule has 0 saturated carbocycles. The summed E-state index contributed by atoms with van der Waals surface area (Å²) in [4.78, 5) is 0. The summed E-state index contributed by atoms with van der Waals surface area (Å²) in [7, 11) is 0. The van der Waals surface area contributed by atoms with E-state index in [0.717, 1.165) is 6.42 Å². The maximum absolute atomic E-state index is 3.82. The van der Waals surface area contributed by atoms with Gasteiger partial charge in [0.05, 0.1) is 0 Å². The molecule has 0 spiro atoms. The van der Waals surface area contributed by atoms with E-state index in [1.807, 2.05) is 0 Å². The zero-order chi connectivity index (χ0) is 7.66. The van der Waals surface area contributed by atoms with Crippen molar-refractivity contribution < 1.29 is 40.8 Å². The fraction of sp³-hybridized carbons (Fsp3) is 0.900. The van der Waals surface area contributed by atoms with Crippen LogP contribution < -0.4 is 0 Å². The normalized spacial score (nSPS) is 9.27. The van der Waals surface area contributed by atoms with Crippen molar-refractivity contribution in [2.75, 3.05) is 0 Å². The van der Waals surface area contributed by atoms with Crippen LogP contribution in [0.5, 0.6) is 0 Å². The SMILES string of the molecule is [CH2-]CCCCCCCCC.[Nd]. The summed E-state index contributed by atoms with van der Waals surface area (Å²) in [5, 5.41) is 0. The van der Waals surface area contributed by atoms with Crippen LogP contribution in [0.25, 0.3) is 0 Å². The van der Waals surface area contributed by atoms with Crippen LogP contribution in [0.1, 0.15) is 58.3 Å². The first-order chi connectivity index (χ1) is 4.91. The molecule has 0 aliphatic rings. The van der Waals surface area contributed by atoms with Crippen LogP contribution in [-0.2, 0) is 0 Å². The molecule has 0 atom stereocenters. The van der Waals surface area contributed by atoms with Crippen LogP contribution in [0.15, 0.2) is 0 Å². The molecule has 11 heavy (non-hydrogen) atoms. The predicted octanol–water partition coefficient (Wildman–Crippen LogP) is 3.96. The number of rotatable bonds is 7. The van der Waals surface area contributed by atoms with Gasteiger partial charge in [-0.3, -0.25) is 0 Å². The monoisotopic (exact) mass is 283 g/mol. The molecule has 0 fully saturated rings. The molecule has 0 N–H and O–H groups in total. The summed E-state index contributed by atoms with van der Waals surface area (Å²) in [6, 6.07) is 0. The summed E-state index contributed by atoms with van der Waals surface area (Å²) in [5.74, 6) is 0. The number of unbranched alkanes of at least 4 members (excludes halogenated alkanes) is 7. The van der Waals surface area contributed by atoms with E-state index >= 15 is 0 Å². The van der Waals surface area contributed by atoms with Crippen molar-refractivity contribution in [1.29, 1.82) is 0 Å². The van der Waals surface area contributed by atoms with Crippen LogP contribution in [0.2, 0.25) is 0 Å². The van der Waals surface area contributed by atoms with Crippen molar-refractivity contribution in [1.82, 2.24) is 0 Å². The number of hydrogen-bond donors (Lipinski definition) is 0. The summed E-state index contributed by atoms with van der Waals surface area (Å²) >= 11 is 0. The van der Waals surface area contributed by atoms with Crippen molar-refractivity contribution in [3.05, 3.63) is 6.92 Å². The van der Waals surface area contributed by atoms with Gasteiger partial charge in [0.25, 0.3) is 0 Å². The molecular formula is C10H21Nd-. The maximum atomic E-state index is 3.82. The van der Waals surface area contributed by atoms with Gasteiger partial charge in [0, 0.05) is 40.8 Å². The van der Waals surface area contributed by atoms with Gasteiger partial charge < -0.3 is 6.92 Å². The molecule has 0 bridgehead atoms. The van der Waals surface area contributed by atoms with E-state index in [1.165, 1.54) is 44.9 Å². The summed E-state index contributed by atoms with van der Waals surface area (Å²) < 4.78 is 0. The van der Waals surface area contributed by atoms with Gasteiger partial charge in [0.2, 0.25) is 0 Å². The van der Waals surface area contributed by atoms with E-state index in [0.29, 0.717) is 0 Å². The van der Waals surface area contributed by atoms with Gasteiger partial charge in [-0.2, -0.15) is 6.42 Å². The molecule has 0 aromatic carbocycles. The van der Waals surface area contributed by atoms with E-state index < -0.39 is 0 Å². The first kappa shape index (κ1) is 14.9. The van der Waals surface area contributed by atoms with E-state index in [2.05, 4.69) is 13.8 Å². The maximum Gasteiger partial charge on any atom is 0 e. The van der Waals surface area contributed by atoms with Crippen molar-refractivity contribution in [3.63, 3.8) is 0 Å². The van der Waals surface area contributed by atoms with Gasteiger partial charge >= 0.3 is 0 Å². The van der Waals surface area contributed by atoms with E-state index in [9.17, 15) is 0 Å². The fourth-order valence-electron chi connectivity index (χ4n) is 1.13. The van der Waals surface area contributed by atoms with Gasteiger partial charge in [-0.05, 0) is 0 Å². The fourth-order valence-corrected chi connectivity index (χ4v) is 1.13. The average Bonchev–Trinajstić information content (AvgIpc) is 1.97. The minimum absolute atomic E-state index is 0. The van der Waals surface area contributed by atoms with Crippen molar-refractivity contribution in [2.24, 2.45) is 0 Å². The molecule has 0 aromatic rings. The van der Waals surface area contributed by atoms with Crippen LogP contribution >= 0.6 is 0 Å². The average molecular weight is 286 g/mol. The first-order valence-electron chi connectivity index (χ1n) is 4.71. The summed E-state index contributed by atoms with van der Waals surface area (Å²) in [5.41, 5.74) is 0. The Morgan fingerprint density at radius 3 is 1.73 bits per heavy atom. The predicted molar refractivity (Wildman–Crippen MR) is 48.0 cm³/mol. The minimum Gasteiger partial charge on any atom is -0.343 e. The molecule has 0 nitrogen and oxygen atoms in total. The molecule has 0 rings (SSSR count). The Kier molecular flexibility index (Phi) is 18.8. The van der Waals surface area contributed by atoms with Gasteiger partial charge in [0.15, 0.2) is 0 Å².